The molecule has 1 amide bonds. The molecule has 2 atom stereocenters. The number of carbonyl (C=O) groups is 1. The van der Waals surface area contributed by atoms with E-state index in [1.54, 1.807) is 6.07 Å². The maximum atomic E-state index is 12.5. The molecular weight excluding hydrogens is 318 g/mol. The second-order valence-electron chi connectivity index (χ2n) is 6.65. The Balaban J connectivity index is 1.43. The molecule has 2 aromatic rings. The predicted molar refractivity (Wildman–Crippen MR) is 92.4 cm³/mol. The van der Waals surface area contributed by atoms with E-state index in [0.717, 1.165) is 18.4 Å². The van der Waals surface area contributed by atoms with Crippen LogP contribution in [0.1, 0.15) is 18.4 Å². The number of aliphatic hydroxyl groups is 1. The van der Waals surface area contributed by atoms with E-state index in [1.807, 2.05) is 48.5 Å². The van der Waals surface area contributed by atoms with Gasteiger partial charge in [-0.3, -0.25) is 4.79 Å². The molecule has 25 heavy (non-hydrogen) atoms. The quantitative estimate of drug-likeness (QED) is 0.877. The molecule has 1 fully saturated rings. The Labute approximate surface area is 146 Å². The van der Waals surface area contributed by atoms with Gasteiger partial charge in [-0.05, 0) is 36.5 Å². The standard InChI is InChI=1S/C20H21NO4/c22-19(18-12-24-16-8-4-5-9-17(16)25-18)21-13-20(23,15-10-11-15)14-6-2-1-3-7-14/h1-9,15,18,23H,10-13H2,(H,21,22)/t18-,20+/m1/s1. The number of fused-ring (bicyclic) bond motifs is 1. The van der Waals surface area contributed by atoms with Crippen LogP contribution in [0.15, 0.2) is 54.6 Å². The van der Waals surface area contributed by atoms with Crippen LogP contribution in [0.5, 0.6) is 11.5 Å². The first kappa shape index (κ1) is 16.0. The van der Waals surface area contributed by atoms with Crippen molar-refractivity contribution in [3.05, 3.63) is 60.2 Å². The number of ether oxygens (including phenoxy) is 2. The smallest absolute Gasteiger partial charge is 0.264 e. The summed E-state index contributed by atoms with van der Waals surface area (Å²) < 4.78 is 11.3. The molecule has 0 spiro atoms. The van der Waals surface area contributed by atoms with E-state index in [-0.39, 0.29) is 25.0 Å². The highest BCUT2D eigenvalue weighted by molar-refractivity contribution is 5.81. The van der Waals surface area contributed by atoms with Crippen LogP contribution in [0.3, 0.4) is 0 Å². The Hall–Kier alpha value is -2.53. The molecule has 4 rings (SSSR count). The molecule has 2 aromatic carbocycles. The molecule has 0 aromatic heterocycles. The van der Waals surface area contributed by atoms with Crippen molar-refractivity contribution in [2.24, 2.45) is 5.92 Å². The summed E-state index contributed by atoms with van der Waals surface area (Å²) in [6.45, 7) is 0.331. The Bertz CT molecular complexity index is 759. The van der Waals surface area contributed by atoms with Gasteiger partial charge < -0.3 is 19.9 Å². The lowest BCUT2D eigenvalue weighted by Gasteiger charge is -2.31. The van der Waals surface area contributed by atoms with Crippen LogP contribution in [0.2, 0.25) is 0 Å². The molecule has 130 valence electrons. The van der Waals surface area contributed by atoms with Gasteiger partial charge >= 0.3 is 0 Å². The van der Waals surface area contributed by atoms with Gasteiger partial charge in [-0.15, -0.1) is 0 Å². The molecule has 0 bridgehead atoms. The van der Waals surface area contributed by atoms with Crippen molar-refractivity contribution in [3.8, 4) is 11.5 Å². The van der Waals surface area contributed by atoms with Crippen LogP contribution in [0.25, 0.3) is 0 Å². The summed E-state index contributed by atoms with van der Waals surface area (Å²) in [6, 6.07) is 16.8. The SMILES string of the molecule is O=C(NC[C@](O)(c1ccccc1)C1CC1)[C@H]1COc2ccccc2O1. The monoisotopic (exact) mass is 339 g/mol. The zero-order valence-electron chi connectivity index (χ0n) is 13.9. The molecule has 0 saturated heterocycles. The summed E-state index contributed by atoms with van der Waals surface area (Å²) >= 11 is 0. The Morgan fingerprint density at radius 1 is 1.08 bits per heavy atom. The summed E-state index contributed by atoms with van der Waals surface area (Å²) in [4.78, 5) is 12.5. The van der Waals surface area contributed by atoms with Gasteiger partial charge in [0.05, 0.1) is 6.54 Å². The molecule has 5 heteroatoms. The van der Waals surface area contributed by atoms with Gasteiger partial charge in [-0.2, -0.15) is 0 Å². The van der Waals surface area contributed by atoms with Crippen molar-refractivity contribution >= 4 is 5.91 Å². The number of hydrogen-bond donors (Lipinski definition) is 2. The lowest BCUT2D eigenvalue weighted by Crippen LogP contribution is -2.49. The predicted octanol–water partition coefficient (Wildman–Crippen LogP) is 2.24. The number of carbonyl (C=O) groups excluding carboxylic acids is 1. The van der Waals surface area contributed by atoms with E-state index in [4.69, 9.17) is 9.47 Å². The maximum Gasteiger partial charge on any atom is 0.264 e. The summed E-state index contributed by atoms with van der Waals surface area (Å²) in [5.74, 6) is 1.11. The molecule has 1 saturated carbocycles. The van der Waals surface area contributed by atoms with Gasteiger partial charge in [0.1, 0.15) is 12.2 Å². The molecule has 1 aliphatic carbocycles. The Morgan fingerprint density at radius 2 is 1.76 bits per heavy atom. The second kappa shape index (κ2) is 6.41. The molecular formula is C20H21NO4. The van der Waals surface area contributed by atoms with Crippen LogP contribution < -0.4 is 14.8 Å². The van der Waals surface area contributed by atoms with Crippen molar-refractivity contribution in [1.82, 2.24) is 5.32 Å². The van der Waals surface area contributed by atoms with Gasteiger partial charge in [0.2, 0.25) is 6.10 Å². The second-order valence-corrected chi connectivity index (χ2v) is 6.65. The fourth-order valence-corrected chi connectivity index (χ4v) is 3.25. The zero-order chi connectivity index (χ0) is 17.3. The summed E-state index contributed by atoms with van der Waals surface area (Å²) in [5.41, 5.74) is -0.200. The van der Waals surface area contributed by atoms with Crippen LogP contribution in [0.4, 0.5) is 0 Å². The van der Waals surface area contributed by atoms with Crippen molar-refractivity contribution in [1.29, 1.82) is 0 Å². The Kier molecular flexibility index (Phi) is 4.09. The fourth-order valence-electron chi connectivity index (χ4n) is 3.25. The minimum absolute atomic E-state index is 0.163. The van der Waals surface area contributed by atoms with E-state index in [2.05, 4.69) is 5.32 Å². The number of rotatable bonds is 5. The van der Waals surface area contributed by atoms with E-state index in [0.29, 0.717) is 11.5 Å². The van der Waals surface area contributed by atoms with Gasteiger partial charge in [0.25, 0.3) is 5.91 Å². The normalized spacial score (nSPS) is 21.2. The molecule has 1 aliphatic heterocycles. The molecule has 0 radical (unpaired) electrons. The number of para-hydroxylation sites is 2. The highest BCUT2D eigenvalue weighted by Gasteiger charge is 2.45. The van der Waals surface area contributed by atoms with Crippen LogP contribution >= 0.6 is 0 Å². The van der Waals surface area contributed by atoms with Crippen molar-refractivity contribution in [3.63, 3.8) is 0 Å². The molecule has 2 N–H and O–H groups in total. The lowest BCUT2D eigenvalue weighted by molar-refractivity contribution is -0.132. The Morgan fingerprint density at radius 3 is 2.48 bits per heavy atom. The number of hydrogen-bond acceptors (Lipinski definition) is 4. The van der Waals surface area contributed by atoms with E-state index >= 15 is 0 Å². The first-order valence-corrected chi connectivity index (χ1v) is 8.61. The number of nitrogens with one attached hydrogen (secondary N) is 1. The van der Waals surface area contributed by atoms with Crippen LogP contribution in [-0.2, 0) is 10.4 Å². The third kappa shape index (κ3) is 3.20. The number of amides is 1. The average molecular weight is 339 g/mol. The summed E-state index contributed by atoms with van der Waals surface area (Å²) in [7, 11) is 0. The first-order chi connectivity index (χ1) is 12.2. The first-order valence-electron chi connectivity index (χ1n) is 8.61. The van der Waals surface area contributed by atoms with Crippen molar-refractivity contribution in [2.75, 3.05) is 13.2 Å². The van der Waals surface area contributed by atoms with Gasteiger partial charge in [0.15, 0.2) is 11.5 Å². The average Bonchev–Trinajstić information content (AvgIpc) is 3.52. The zero-order valence-corrected chi connectivity index (χ0v) is 13.9. The van der Waals surface area contributed by atoms with Crippen molar-refractivity contribution in [2.45, 2.75) is 24.5 Å². The van der Waals surface area contributed by atoms with Crippen LogP contribution in [0, 0.1) is 5.92 Å². The van der Waals surface area contributed by atoms with Crippen LogP contribution in [-0.4, -0.2) is 30.3 Å². The third-order valence-electron chi connectivity index (χ3n) is 4.86. The summed E-state index contributed by atoms with van der Waals surface area (Å²) in [6.07, 6.45) is 1.23. The van der Waals surface area contributed by atoms with Crippen molar-refractivity contribution < 1.29 is 19.4 Å². The van der Waals surface area contributed by atoms with Gasteiger partial charge in [-0.25, -0.2) is 0 Å². The molecule has 5 nitrogen and oxygen atoms in total. The highest BCUT2D eigenvalue weighted by atomic mass is 16.6. The third-order valence-corrected chi connectivity index (χ3v) is 4.86. The number of benzene rings is 2. The van der Waals surface area contributed by atoms with E-state index < -0.39 is 11.7 Å². The maximum absolute atomic E-state index is 12.5. The topological polar surface area (TPSA) is 67.8 Å². The molecule has 1 heterocycles. The van der Waals surface area contributed by atoms with Gasteiger partial charge in [0, 0.05) is 0 Å². The fraction of sp³-hybridized carbons (Fsp3) is 0.350. The summed E-state index contributed by atoms with van der Waals surface area (Å²) in [5, 5.41) is 14.0. The lowest BCUT2D eigenvalue weighted by atomic mass is 9.88. The largest absolute Gasteiger partial charge is 0.485 e. The van der Waals surface area contributed by atoms with E-state index in [1.165, 1.54) is 0 Å². The molecule has 2 aliphatic rings. The minimum atomic E-state index is -1.04. The van der Waals surface area contributed by atoms with Gasteiger partial charge in [-0.1, -0.05) is 42.5 Å². The minimum Gasteiger partial charge on any atom is -0.485 e. The molecule has 0 unspecified atom stereocenters. The van der Waals surface area contributed by atoms with E-state index in [9.17, 15) is 9.90 Å². The highest BCUT2D eigenvalue weighted by Crippen LogP contribution is 2.45.